The summed E-state index contributed by atoms with van der Waals surface area (Å²) in [4.78, 5) is 12.8. The normalized spacial score (nSPS) is 11.5. The minimum Gasteiger partial charge on any atom is -0.426 e. The third-order valence-electron chi connectivity index (χ3n) is 3.90. The Morgan fingerprint density at radius 1 is 1.27 bits per heavy atom. The zero-order valence-electron chi connectivity index (χ0n) is 12.0. The van der Waals surface area contributed by atoms with Crippen molar-refractivity contribution in [2.45, 2.75) is 6.92 Å². The number of aromatic nitrogens is 5. The van der Waals surface area contributed by atoms with E-state index in [1.165, 1.54) is 4.68 Å². The van der Waals surface area contributed by atoms with Gasteiger partial charge in [-0.15, -0.1) is 0 Å². The SMILES string of the molecule is Cc1nn(C)c2c1c(=O)c1cc(-c3ccn[nH]3)ccc1n2O. The summed E-state index contributed by atoms with van der Waals surface area (Å²) in [5.41, 5.74) is 2.95. The van der Waals surface area contributed by atoms with Gasteiger partial charge in [-0.1, -0.05) is 6.07 Å². The van der Waals surface area contributed by atoms with Crippen LogP contribution >= 0.6 is 0 Å². The van der Waals surface area contributed by atoms with Crippen LogP contribution in [0.2, 0.25) is 0 Å². The lowest BCUT2D eigenvalue weighted by Gasteiger charge is -2.08. The first-order valence-corrected chi connectivity index (χ1v) is 6.79. The van der Waals surface area contributed by atoms with E-state index in [0.29, 0.717) is 27.6 Å². The molecule has 4 rings (SSSR count). The summed E-state index contributed by atoms with van der Waals surface area (Å²) in [7, 11) is 1.70. The van der Waals surface area contributed by atoms with E-state index < -0.39 is 0 Å². The van der Waals surface area contributed by atoms with Crippen LogP contribution in [0.4, 0.5) is 0 Å². The molecule has 3 aromatic heterocycles. The molecule has 0 aliphatic heterocycles. The van der Waals surface area contributed by atoms with Crippen LogP contribution in [0, 0.1) is 6.92 Å². The molecule has 1 aromatic carbocycles. The van der Waals surface area contributed by atoms with Crippen LogP contribution in [0.25, 0.3) is 33.2 Å². The molecule has 0 atom stereocenters. The number of hydrogen-bond donors (Lipinski definition) is 2. The van der Waals surface area contributed by atoms with Gasteiger partial charge in [0.1, 0.15) is 0 Å². The topological polar surface area (TPSA) is 88.7 Å². The predicted molar refractivity (Wildman–Crippen MR) is 82.0 cm³/mol. The monoisotopic (exact) mass is 295 g/mol. The largest absolute Gasteiger partial charge is 0.426 e. The Bertz CT molecular complexity index is 1070. The van der Waals surface area contributed by atoms with Gasteiger partial charge in [0.05, 0.1) is 27.7 Å². The average Bonchev–Trinajstić information content (AvgIpc) is 3.12. The molecule has 0 amide bonds. The molecule has 0 unspecified atom stereocenters. The fourth-order valence-corrected chi connectivity index (χ4v) is 2.89. The summed E-state index contributed by atoms with van der Waals surface area (Å²) in [6.07, 6.45) is 1.65. The lowest BCUT2D eigenvalue weighted by molar-refractivity contribution is 0.207. The van der Waals surface area contributed by atoms with Gasteiger partial charge in [0, 0.05) is 18.8 Å². The number of nitrogens with zero attached hydrogens (tertiary/aromatic N) is 4. The van der Waals surface area contributed by atoms with Crippen LogP contribution in [-0.2, 0) is 7.05 Å². The minimum atomic E-state index is -0.137. The first-order valence-electron chi connectivity index (χ1n) is 6.79. The number of hydrogen-bond acceptors (Lipinski definition) is 4. The number of nitrogens with one attached hydrogen (secondary N) is 1. The molecule has 0 bridgehead atoms. The average molecular weight is 295 g/mol. The summed E-state index contributed by atoms with van der Waals surface area (Å²) in [6.45, 7) is 1.76. The van der Waals surface area contributed by atoms with Gasteiger partial charge in [0.2, 0.25) is 5.43 Å². The first kappa shape index (κ1) is 12.6. The van der Waals surface area contributed by atoms with Crippen molar-refractivity contribution in [3.63, 3.8) is 0 Å². The van der Waals surface area contributed by atoms with Crippen LogP contribution in [0.1, 0.15) is 5.69 Å². The van der Waals surface area contributed by atoms with Crippen molar-refractivity contribution in [1.29, 1.82) is 0 Å². The number of aryl methyl sites for hydroxylation is 2. The van der Waals surface area contributed by atoms with E-state index in [0.717, 1.165) is 16.0 Å². The Labute approximate surface area is 124 Å². The van der Waals surface area contributed by atoms with Crippen LogP contribution in [0.3, 0.4) is 0 Å². The highest BCUT2D eigenvalue weighted by Crippen LogP contribution is 2.24. The highest BCUT2D eigenvalue weighted by molar-refractivity contribution is 5.94. The lowest BCUT2D eigenvalue weighted by atomic mass is 10.1. The van der Waals surface area contributed by atoms with Gasteiger partial charge < -0.3 is 5.21 Å². The van der Waals surface area contributed by atoms with E-state index in [4.69, 9.17) is 0 Å². The van der Waals surface area contributed by atoms with Crippen molar-refractivity contribution < 1.29 is 5.21 Å². The lowest BCUT2D eigenvalue weighted by Crippen LogP contribution is -2.11. The molecule has 0 fully saturated rings. The van der Waals surface area contributed by atoms with Gasteiger partial charge in [0.15, 0.2) is 5.65 Å². The number of fused-ring (bicyclic) bond motifs is 2. The summed E-state index contributed by atoms with van der Waals surface area (Å²) in [6, 6.07) is 7.13. The van der Waals surface area contributed by atoms with Crippen LogP contribution < -0.4 is 5.43 Å². The number of pyridine rings is 1. The Hall–Kier alpha value is -3.09. The summed E-state index contributed by atoms with van der Waals surface area (Å²) in [5.74, 6) is 0. The fourth-order valence-electron chi connectivity index (χ4n) is 2.89. The number of benzene rings is 1. The van der Waals surface area contributed by atoms with Crippen LogP contribution in [0.15, 0.2) is 35.3 Å². The molecular formula is C15H13N5O2. The van der Waals surface area contributed by atoms with Crippen molar-refractivity contribution in [2.24, 2.45) is 7.05 Å². The second-order valence-corrected chi connectivity index (χ2v) is 5.25. The Kier molecular flexibility index (Phi) is 2.41. The molecule has 0 aliphatic carbocycles. The van der Waals surface area contributed by atoms with Crippen LogP contribution in [0.5, 0.6) is 0 Å². The van der Waals surface area contributed by atoms with Crippen molar-refractivity contribution in [3.8, 4) is 11.3 Å². The van der Waals surface area contributed by atoms with E-state index in [1.54, 1.807) is 32.3 Å². The third kappa shape index (κ3) is 1.53. The maximum Gasteiger partial charge on any atom is 0.201 e. The molecule has 0 radical (unpaired) electrons. The highest BCUT2D eigenvalue weighted by Gasteiger charge is 2.17. The van der Waals surface area contributed by atoms with Gasteiger partial charge in [-0.25, -0.2) is 4.68 Å². The van der Waals surface area contributed by atoms with Crippen molar-refractivity contribution in [1.82, 2.24) is 24.7 Å². The van der Waals surface area contributed by atoms with Gasteiger partial charge in [-0.05, 0) is 25.1 Å². The summed E-state index contributed by atoms with van der Waals surface area (Å²) in [5, 5.41) is 22.3. The van der Waals surface area contributed by atoms with E-state index in [1.807, 2.05) is 12.1 Å². The Morgan fingerprint density at radius 2 is 2.09 bits per heavy atom. The van der Waals surface area contributed by atoms with Crippen LogP contribution in [-0.4, -0.2) is 29.9 Å². The van der Waals surface area contributed by atoms with Gasteiger partial charge in [0.25, 0.3) is 0 Å². The number of aromatic amines is 1. The zero-order chi connectivity index (χ0) is 15.4. The standard InChI is InChI=1S/C15H13N5O2/c1-8-13-14(21)10-7-9(11-5-6-16-17-11)3-4-12(10)20(22)15(13)19(2)18-8/h3-7,22H,1-2H3,(H,16,17). The van der Waals surface area contributed by atoms with E-state index in [9.17, 15) is 10.0 Å². The van der Waals surface area contributed by atoms with Gasteiger partial charge >= 0.3 is 0 Å². The number of H-pyrrole nitrogens is 1. The second-order valence-electron chi connectivity index (χ2n) is 5.25. The molecule has 22 heavy (non-hydrogen) atoms. The summed E-state index contributed by atoms with van der Waals surface area (Å²) >= 11 is 0. The molecule has 0 spiro atoms. The number of rotatable bonds is 1. The molecule has 0 aliphatic rings. The quantitative estimate of drug-likeness (QED) is 0.524. The smallest absolute Gasteiger partial charge is 0.201 e. The van der Waals surface area contributed by atoms with Crippen molar-refractivity contribution in [2.75, 3.05) is 0 Å². The van der Waals surface area contributed by atoms with E-state index in [-0.39, 0.29) is 5.43 Å². The molecule has 0 saturated heterocycles. The van der Waals surface area contributed by atoms with Crippen molar-refractivity contribution >= 4 is 21.9 Å². The first-order chi connectivity index (χ1) is 10.6. The third-order valence-corrected chi connectivity index (χ3v) is 3.90. The molecule has 3 heterocycles. The summed E-state index contributed by atoms with van der Waals surface area (Å²) < 4.78 is 2.52. The van der Waals surface area contributed by atoms with Crippen molar-refractivity contribution in [3.05, 3.63) is 46.4 Å². The molecule has 2 N–H and O–H groups in total. The maximum absolute atomic E-state index is 12.8. The minimum absolute atomic E-state index is 0.137. The maximum atomic E-state index is 12.8. The Morgan fingerprint density at radius 3 is 2.82 bits per heavy atom. The predicted octanol–water partition coefficient (Wildman–Crippen LogP) is 1.82. The molecule has 7 heteroatoms. The molecule has 7 nitrogen and oxygen atoms in total. The fraction of sp³-hybridized carbons (Fsp3) is 0.133. The van der Waals surface area contributed by atoms with E-state index in [2.05, 4.69) is 15.3 Å². The molecular weight excluding hydrogens is 282 g/mol. The van der Waals surface area contributed by atoms with Gasteiger partial charge in [-0.2, -0.15) is 14.9 Å². The zero-order valence-corrected chi connectivity index (χ0v) is 12.0. The van der Waals surface area contributed by atoms with E-state index >= 15 is 0 Å². The molecule has 4 aromatic rings. The molecule has 110 valence electrons. The Balaban J connectivity index is 2.18. The second kappa shape index (κ2) is 4.20. The van der Waals surface area contributed by atoms with Gasteiger partial charge in [-0.3, -0.25) is 9.89 Å². The molecule has 0 saturated carbocycles. The highest BCUT2D eigenvalue weighted by atomic mass is 16.5.